The molecule has 1 aliphatic rings. The van der Waals surface area contributed by atoms with Crippen molar-refractivity contribution in [2.75, 3.05) is 40.1 Å². The number of hydrogen-bond acceptors (Lipinski definition) is 7. The van der Waals surface area contributed by atoms with Crippen molar-refractivity contribution >= 4 is 17.4 Å². The Morgan fingerprint density at radius 2 is 1.48 bits per heavy atom. The largest absolute Gasteiger partial charge is 0.498 e. The molecule has 0 fully saturated rings. The fourth-order valence-electron chi connectivity index (χ4n) is 6.42. The molecule has 0 amide bonds. The number of rotatable bonds is 29. The van der Waals surface area contributed by atoms with Crippen molar-refractivity contribution in [3.8, 4) is 5.75 Å². The summed E-state index contributed by atoms with van der Waals surface area (Å²) >= 11 is 0. The van der Waals surface area contributed by atoms with E-state index >= 15 is 0 Å². The van der Waals surface area contributed by atoms with Gasteiger partial charge in [-0.05, 0) is 129 Å². The predicted octanol–water partition coefficient (Wildman–Crippen LogP) is 14.1. The summed E-state index contributed by atoms with van der Waals surface area (Å²) in [5.41, 5.74) is 7.03. The summed E-state index contributed by atoms with van der Waals surface area (Å²) in [6.07, 6.45) is 27.4. The first-order valence-corrected chi connectivity index (χ1v) is 23.7. The molecule has 0 spiro atoms. The molecule has 0 bridgehead atoms. The van der Waals surface area contributed by atoms with Gasteiger partial charge in [0.2, 0.25) is 0 Å². The first-order chi connectivity index (χ1) is 29.6. The number of benzene rings is 2. The molecule has 0 saturated carbocycles. The van der Waals surface area contributed by atoms with Crippen molar-refractivity contribution < 1.29 is 29.2 Å². The van der Waals surface area contributed by atoms with E-state index in [9.17, 15) is 0 Å². The van der Waals surface area contributed by atoms with Gasteiger partial charge in [0.25, 0.3) is 0 Å². The number of aryl methyl sites for hydroxylation is 1. The van der Waals surface area contributed by atoms with Crippen LogP contribution in [0.3, 0.4) is 0 Å². The van der Waals surface area contributed by atoms with Gasteiger partial charge in [0, 0.05) is 38.5 Å². The first-order valence-electron chi connectivity index (χ1n) is 23.7. The highest BCUT2D eigenvalue weighted by Gasteiger charge is 2.13. The highest BCUT2D eigenvalue weighted by molar-refractivity contribution is 5.90. The summed E-state index contributed by atoms with van der Waals surface area (Å²) in [4.78, 5) is 0. The van der Waals surface area contributed by atoms with Gasteiger partial charge in [0.15, 0.2) is 0 Å². The van der Waals surface area contributed by atoms with Crippen molar-refractivity contribution in [1.29, 1.82) is 5.41 Å². The smallest absolute Gasteiger partial charge is 0.119 e. The monoisotopic (exact) mass is 848 g/mol. The SMILES string of the molecule is C=C(CCC)c1ccc(OCCCCCCO/C(=C\CC)CC)cc1.CC(C)C.CCCc1ccc(C2=CCC(OCCCCCCOC(CC)CO)C=C2)c(C=N)c1.CO. The average molecular weight is 848 g/mol. The van der Waals surface area contributed by atoms with Crippen LogP contribution in [-0.2, 0) is 20.6 Å². The number of unbranched alkanes of at least 4 members (excludes halogenated alkanes) is 6. The molecule has 0 heterocycles. The molecule has 2 unspecified atom stereocenters. The summed E-state index contributed by atoms with van der Waals surface area (Å²) in [5, 5.41) is 23.9. The van der Waals surface area contributed by atoms with E-state index < -0.39 is 0 Å². The van der Waals surface area contributed by atoms with E-state index in [1.165, 1.54) is 41.3 Å². The molecular formula is C54H89NO6. The minimum absolute atomic E-state index is 0.00581. The summed E-state index contributed by atoms with van der Waals surface area (Å²) in [6, 6.07) is 14.8. The number of aliphatic hydroxyl groups is 2. The van der Waals surface area contributed by atoms with Crippen molar-refractivity contribution in [3.05, 3.63) is 101 Å². The Kier molecular flexibility index (Phi) is 37.1. The van der Waals surface area contributed by atoms with Crippen LogP contribution in [0.2, 0.25) is 0 Å². The minimum atomic E-state index is -0.00581. The number of ether oxygens (including phenoxy) is 4. The maximum atomic E-state index is 9.10. The van der Waals surface area contributed by atoms with Gasteiger partial charge in [0.1, 0.15) is 5.75 Å². The van der Waals surface area contributed by atoms with Crippen molar-refractivity contribution in [3.63, 3.8) is 0 Å². The lowest BCUT2D eigenvalue weighted by atomic mass is 9.93. The number of hydrogen-bond donors (Lipinski definition) is 3. The Morgan fingerprint density at radius 3 is 2.02 bits per heavy atom. The van der Waals surface area contributed by atoms with Crippen LogP contribution in [0, 0.1) is 11.3 Å². The predicted molar refractivity (Wildman–Crippen MR) is 263 cm³/mol. The number of allylic oxidation sites excluding steroid dienone is 5. The first kappa shape index (κ1) is 57.5. The number of aliphatic hydroxyl groups excluding tert-OH is 2. The van der Waals surface area contributed by atoms with Gasteiger partial charge in [0.05, 0.1) is 37.8 Å². The van der Waals surface area contributed by atoms with Crippen LogP contribution in [0.1, 0.15) is 174 Å². The summed E-state index contributed by atoms with van der Waals surface area (Å²) in [5.74, 6) is 2.92. The molecule has 2 aromatic rings. The van der Waals surface area contributed by atoms with Gasteiger partial charge in [-0.25, -0.2) is 0 Å². The zero-order chi connectivity index (χ0) is 45.5. The fourth-order valence-corrected chi connectivity index (χ4v) is 6.42. The van der Waals surface area contributed by atoms with Crippen LogP contribution in [-0.4, -0.2) is 68.8 Å². The van der Waals surface area contributed by atoms with Gasteiger partial charge in [-0.15, -0.1) is 0 Å². The molecule has 2 aromatic carbocycles. The molecule has 1 aliphatic carbocycles. The van der Waals surface area contributed by atoms with Crippen molar-refractivity contribution in [2.45, 2.75) is 170 Å². The Bertz CT molecular complexity index is 1450. The van der Waals surface area contributed by atoms with Crippen LogP contribution < -0.4 is 4.74 Å². The van der Waals surface area contributed by atoms with Crippen molar-refractivity contribution in [1.82, 2.24) is 0 Å². The van der Waals surface area contributed by atoms with Gasteiger partial charge in [-0.3, -0.25) is 0 Å². The maximum Gasteiger partial charge on any atom is 0.119 e. The quantitative estimate of drug-likeness (QED) is 0.0428. The Labute approximate surface area is 374 Å². The lowest BCUT2D eigenvalue weighted by Crippen LogP contribution is -2.17. The summed E-state index contributed by atoms with van der Waals surface area (Å²) in [6.45, 7) is 24.6. The molecule has 346 valence electrons. The van der Waals surface area contributed by atoms with E-state index in [1.807, 2.05) is 6.92 Å². The second-order valence-electron chi connectivity index (χ2n) is 16.1. The molecule has 3 N–H and O–H groups in total. The van der Waals surface area contributed by atoms with E-state index in [-0.39, 0.29) is 18.8 Å². The third-order valence-corrected chi connectivity index (χ3v) is 9.75. The topological polar surface area (TPSA) is 101 Å². The van der Waals surface area contributed by atoms with Gasteiger partial charge >= 0.3 is 0 Å². The number of nitrogens with one attached hydrogen (secondary N) is 1. The van der Waals surface area contributed by atoms with Crippen LogP contribution in [0.5, 0.6) is 5.75 Å². The molecular weight excluding hydrogens is 759 g/mol. The van der Waals surface area contributed by atoms with E-state index in [4.69, 9.17) is 34.6 Å². The van der Waals surface area contributed by atoms with E-state index in [0.717, 1.165) is 152 Å². The standard InChI is InChI=1S/C26H39NO3.C23H36O2.C4H10.CH4O/c1-3-9-21-10-15-26(23(18-21)19-27)22-11-13-25(14-12-22)30-17-8-6-5-7-16-29-24(4-2)20-28;1-5-12-20(4)21-14-16-23(17-15-21)25-19-11-9-8-10-18-24-22(7-3)13-6-2;1-4(2)3;1-2/h10-13,15,18-19,24-25,27-28H,3-9,14,16-17,20H2,1-2H3;13-17H,4-12,18-19H2,1-3H3;4H,1-3H3;2H,1H3/b;22-13-;;. The molecule has 0 radical (unpaired) electrons. The van der Waals surface area contributed by atoms with E-state index in [1.54, 1.807) is 0 Å². The molecule has 0 saturated heterocycles. The highest BCUT2D eigenvalue weighted by Crippen LogP contribution is 2.26. The molecule has 0 aromatic heterocycles. The Hall–Kier alpha value is -3.49. The molecule has 0 aliphatic heterocycles. The lowest BCUT2D eigenvalue weighted by molar-refractivity contribution is 0.00901. The van der Waals surface area contributed by atoms with E-state index in [2.05, 4.69) is 122 Å². The van der Waals surface area contributed by atoms with Crippen LogP contribution >= 0.6 is 0 Å². The lowest BCUT2D eigenvalue weighted by Gasteiger charge is -2.18. The van der Waals surface area contributed by atoms with Gasteiger partial charge in [-0.2, -0.15) is 0 Å². The van der Waals surface area contributed by atoms with Gasteiger partial charge in [-0.1, -0.05) is 130 Å². The summed E-state index contributed by atoms with van der Waals surface area (Å²) < 4.78 is 23.2. The second-order valence-corrected chi connectivity index (χ2v) is 16.1. The Morgan fingerprint density at radius 1 is 0.836 bits per heavy atom. The minimum Gasteiger partial charge on any atom is -0.498 e. The maximum absolute atomic E-state index is 9.10. The zero-order valence-electron chi connectivity index (χ0n) is 40.2. The molecule has 61 heavy (non-hydrogen) atoms. The van der Waals surface area contributed by atoms with Crippen molar-refractivity contribution in [2.24, 2.45) is 5.92 Å². The molecule has 3 rings (SSSR count). The fraction of sp³-hybridized carbons (Fsp3) is 0.611. The van der Waals surface area contributed by atoms with E-state index in [0.29, 0.717) is 0 Å². The van der Waals surface area contributed by atoms with Crippen LogP contribution in [0.25, 0.3) is 11.1 Å². The summed E-state index contributed by atoms with van der Waals surface area (Å²) in [7, 11) is 1.00. The molecule has 7 nitrogen and oxygen atoms in total. The second kappa shape index (κ2) is 39.4. The third-order valence-electron chi connectivity index (χ3n) is 9.75. The van der Waals surface area contributed by atoms with Crippen LogP contribution in [0.15, 0.2) is 79.1 Å². The van der Waals surface area contributed by atoms with Crippen LogP contribution in [0.4, 0.5) is 0 Å². The Balaban J connectivity index is 0.00000106. The molecule has 7 heteroatoms. The third kappa shape index (κ3) is 28.7. The van der Waals surface area contributed by atoms with Gasteiger partial charge < -0.3 is 34.6 Å². The average Bonchev–Trinajstić information content (AvgIpc) is 3.27. The zero-order valence-corrected chi connectivity index (χ0v) is 40.2. The highest BCUT2D eigenvalue weighted by atomic mass is 16.5. The normalized spacial score (nSPS) is 13.7. The molecule has 2 atom stereocenters.